The maximum atomic E-state index is 12.4. The predicted molar refractivity (Wildman–Crippen MR) is 89.0 cm³/mol. The molecule has 2 rings (SSSR count). The van der Waals surface area contributed by atoms with E-state index in [1.165, 1.54) is 16.9 Å². The lowest BCUT2D eigenvalue weighted by Gasteiger charge is -2.22. The van der Waals surface area contributed by atoms with Gasteiger partial charge in [-0.15, -0.1) is 11.3 Å². The van der Waals surface area contributed by atoms with Crippen molar-refractivity contribution >= 4 is 23.2 Å². The molecule has 1 unspecified atom stereocenters. The Morgan fingerprint density at radius 1 is 1.41 bits per heavy atom. The Balaban J connectivity index is 1.90. The van der Waals surface area contributed by atoms with Gasteiger partial charge in [0.15, 0.2) is 0 Å². The van der Waals surface area contributed by atoms with E-state index in [1.807, 2.05) is 25.3 Å². The monoisotopic (exact) mass is 321 g/mol. The predicted octanol–water partition coefficient (Wildman–Crippen LogP) is 1.54. The Morgan fingerprint density at radius 2 is 2.23 bits per heavy atom. The van der Waals surface area contributed by atoms with Gasteiger partial charge in [0.1, 0.15) is 6.04 Å². The van der Waals surface area contributed by atoms with Gasteiger partial charge in [-0.05, 0) is 30.3 Å². The largest absolute Gasteiger partial charge is 0.351 e. The maximum Gasteiger partial charge on any atom is 0.262 e. The lowest BCUT2D eigenvalue weighted by atomic mass is 10.0. The molecule has 22 heavy (non-hydrogen) atoms. The normalized spacial score (nSPS) is 16.0. The molecular formula is C16H23N3O2S. The topological polar surface area (TPSA) is 70.2 Å². The van der Waals surface area contributed by atoms with E-state index in [2.05, 4.69) is 22.0 Å². The molecule has 120 valence electrons. The van der Waals surface area contributed by atoms with E-state index in [-0.39, 0.29) is 17.7 Å². The van der Waals surface area contributed by atoms with Crippen LogP contribution in [0.5, 0.6) is 0 Å². The van der Waals surface area contributed by atoms with Crippen molar-refractivity contribution in [2.45, 2.75) is 26.3 Å². The molecular weight excluding hydrogens is 298 g/mol. The summed E-state index contributed by atoms with van der Waals surface area (Å²) in [5.74, 6) is -0.282. The molecule has 0 aliphatic carbocycles. The summed E-state index contributed by atoms with van der Waals surface area (Å²) in [6.45, 7) is 6.22. The quantitative estimate of drug-likeness (QED) is 0.696. The fourth-order valence-electron chi connectivity index (χ4n) is 2.30. The van der Waals surface area contributed by atoms with Gasteiger partial charge in [-0.25, -0.2) is 0 Å². The first kappa shape index (κ1) is 16.7. The number of thiophene rings is 1. The fraction of sp³-hybridized carbons (Fsp3) is 0.500. The molecule has 6 heteroatoms. The van der Waals surface area contributed by atoms with Crippen molar-refractivity contribution in [3.63, 3.8) is 0 Å². The zero-order valence-corrected chi connectivity index (χ0v) is 13.8. The van der Waals surface area contributed by atoms with Gasteiger partial charge in [-0.2, -0.15) is 0 Å². The Bertz CT molecular complexity index is 538. The van der Waals surface area contributed by atoms with E-state index >= 15 is 0 Å². The minimum Gasteiger partial charge on any atom is -0.351 e. The highest BCUT2D eigenvalue weighted by atomic mass is 32.1. The summed E-state index contributed by atoms with van der Waals surface area (Å²) in [6, 6.07) is 3.07. The van der Waals surface area contributed by atoms with Crippen LogP contribution in [0.1, 0.15) is 29.9 Å². The highest BCUT2D eigenvalue weighted by Crippen LogP contribution is 2.10. The van der Waals surface area contributed by atoms with Crippen molar-refractivity contribution in [2.24, 2.45) is 5.92 Å². The first-order valence-corrected chi connectivity index (χ1v) is 8.46. The third kappa shape index (κ3) is 4.68. The molecule has 0 saturated heterocycles. The molecule has 0 fully saturated rings. The summed E-state index contributed by atoms with van der Waals surface area (Å²) >= 11 is 1.37. The van der Waals surface area contributed by atoms with Crippen LogP contribution in [0.3, 0.4) is 0 Å². The summed E-state index contributed by atoms with van der Waals surface area (Å²) < 4.78 is 0. The summed E-state index contributed by atoms with van der Waals surface area (Å²) in [4.78, 5) is 25.1. The molecule has 1 aromatic rings. The Hall–Kier alpha value is -1.66. The van der Waals surface area contributed by atoms with Gasteiger partial charge < -0.3 is 16.0 Å². The van der Waals surface area contributed by atoms with Crippen molar-refractivity contribution in [1.82, 2.24) is 16.0 Å². The lowest BCUT2D eigenvalue weighted by Crippen LogP contribution is -2.50. The van der Waals surface area contributed by atoms with Crippen LogP contribution in [0.2, 0.25) is 0 Å². The minimum absolute atomic E-state index is 0.0333. The Labute approximate surface area is 135 Å². The van der Waals surface area contributed by atoms with Crippen LogP contribution in [-0.2, 0) is 4.79 Å². The summed E-state index contributed by atoms with van der Waals surface area (Å²) in [6.07, 6.45) is 3.06. The van der Waals surface area contributed by atoms with Gasteiger partial charge >= 0.3 is 0 Å². The van der Waals surface area contributed by atoms with Crippen LogP contribution >= 0.6 is 11.3 Å². The van der Waals surface area contributed by atoms with Crippen LogP contribution in [0, 0.1) is 5.92 Å². The first-order valence-electron chi connectivity index (χ1n) is 7.58. The molecule has 0 saturated carbocycles. The van der Waals surface area contributed by atoms with Gasteiger partial charge in [0, 0.05) is 13.1 Å². The van der Waals surface area contributed by atoms with E-state index in [0.29, 0.717) is 11.4 Å². The number of rotatable bonds is 6. The van der Waals surface area contributed by atoms with E-state index in [4.69, 9.17) is 0 Å². The van der Waals surface area contributed by atoms with Crippen LogP contribution in [-0.4, -0.2) is 37.5 Å². The Morgan fingerprint density at radius 3 is 2.82 bits per heavy atom. The molecule has 1 aromatic heterocycles. The van der Waals surface area contributed by atoms with Crippen molar-refractivity contribution in [3.05, 3.63) is 34.0 Å². The van der Waals surface area contributed by atoms with Gasteiger partial charge in [0.25, 0.3) is 5.91 Å². The molecule has 0 bridgehead atoms. The second-order valence-electron chi connectivity index (χ2n) is 5.71. The molecule has 5 nitrogen and oxygen atoms in total. The molecule has 1 aliphatic rings. The number of nitrogens with one attached hydrogen (secondary N) is 3. The first-order chi connectivity index (χ1) is 10.6. The van der Waals surface area contributed by atoms with Gasteiger partial charge in [-0.3, -0.25) is 9.59 Å². The second-order valence-corrected chi connectivity index (χ2v) is 6.65. The molecule has 2 amide bonds. The van der Waals surface area contributed by atoms with E-state index in [1.54, 1.807) is 6.07 Å². The lowest BCUT2D eigenvalue weighted by molar-refractivity contribution is -0.123. The zero-order valence-electron chi connectivity index (χ0n) is 13.0. The zero-order chi connectivity index (χ0) is 15.9. The molecule has 0 spiro atoms. The summed E-state index contributed by atoms with van der Waals surface area (Å²) in [7, 11) is 0. The summed E-state index contributed by atoms with van der Waals surface area (Å²) in [5, 5.41) is 10.9. The number of carbonyl (C=O) groups is 2. The van der Waals surface area contributed by atoms with Gasteiger partial charge in [0.05, 0.1) is 4.88 Å². The molecule has 0 aromatic carbocycles. The van der Waals surface area contributed by atoms with Crippen molar-refractivity contribution in [3.8, 4) is 0 Å². The number of hydrogen-bond acceptors (Lipinski definition) is 4. The Kier molecular flexibility index (Phi) is 6.15. The van der Waals surface area contributed by atoms with Gasteiger partial charge in [-0.1, -0.05) is 31.6 Å². The van der Waals surface area contributed by atoms with Crippen LogP contribution in [0.25, 0.3) is 0 Å². The number of amides is 2. The second kappa shape index (κ2) is 8.10. The number of carbonyl (C=O) groups excluding carboxylic acids is 2. The van der Waals surface area contributed by atoms with E-state index in [0.717, 1.165) is 19.5 Å². The molecule has 3 N–H and O–H groups in total. The maximum absolute atomic E-state index is 12.4. The molecule has 1 atom stereocenters. The fourth-order valence-corrected chi connectivity index (χ4v) is 2.92. The van der Waals surface area contributed by atoms with Crippen molar-refractivity contribution in [1.29, 1.82) is 0 Å². The highest BCUT2D eigenvalue weighted by molar-refractivity contribution is 7.12. The third-order valence-corrected chi connectivity index (χ3v) is 4.50. The number of hydrogen-bond donors (Lipinski definition) is 3. The van der Waals surface area contributed by atoms with Gasteiger partial charge in [0.2, 0.25) is 5.91 Å². The smallest absolute Gasteiger partial charge is 0.262 e. The van der Waals surface area contributed by atoms with Crippen LogP contribution in [0.15, 0.2) is 29.2 Å². The van der Waals surface area contributed by atoms with Crippen molar-refractivity contribution in [2.75, 3.05) is 19.6 Å². The van der Waals surface area contributed by atoms with Crippen LogP contribution in [0.4, 0.5) is 0 Å². The average molecular weight is 321 g/mol. The van der Waals surface area contributed by atoms with E-state index < -0.39 is 6.04 Å². The molecule has 2 heterocycles. The average Bonchev–Trinajstić information content (AvgIpc) is 3.05. The van der Waals surface area contributed by atoms with Crippen LogP contribution < -0.4 is 16.0 Å². The summed E-state index contributed by atoms with van der Waals surface area (Å²) in [5.41, 5.74) is 1.24. The minimum atomic E-state index is -0.517. The molecule has 0 radical (unpaired) electrons. The van der Waals surface area contributed by atoms with E-state index in [9.17, 15) is 9.59 Å². The standard InChI is InChI=1S/C16H23N3O2S/c1-11(2)14(19-15(20)13-4-3-9-22-13)16(21)18-10-12-5-7-17-8-6-12/h3-5,9,11,14,17H,6-8,10H2,1-2H3,(H,18,21)(H,19,20). The third-order valence-electron chi connectivity index (χ3n) is 3.63. The SMILES string of the molecule is CC(C)C(NC(=O)c1cccs1)C(=O)NCC1=CCNCC1. The molecule has 1 aliphatic heterocycles. The van der Waals surface area contributed by atoms with Crippen molar-refractivity contribution < 1.29 is 9.59 Å². The highest BCUT2D eigenvalue weighted by Gasteiger charge is 2.24.